The van der Waals surface area contributed by atoms with Crippen LogP contribution >= 0.6 is 0 Å². The van der Waals surface area contributed by atoms with Crippen LogP contribution in [-0.4, -0.2) is 43.8 Å². The molecule has 0 saturated carbocycles. The fourth-order valence-electron chi connectivity index (χ4n) is 3.17. The molecule has 1 aromatic heterocycles. The summed E-state index contributed by atoms with van der Waals surface area (Å²) >= 11 is 0. The highest BCUT2D eigenvalue weighted by atomic mass is 32.2. The Bertz CT molecular complexity index is 1450. The Kier molecular flexibility index (Phi) is 6.92. The number of hydrogen-bond acceptors (Lipinski definition) is 10. The molecular formula is C23H22N6O6S. The van der Waals surface area contributed by atoms with Crippen molar-refractivity contribution in [2.75, 3.05) is 16.3 Å². The summed E-state index contributed by atoms with van der Waals surface area (Å²) in [6.07, 6.45) is 0. The number of anilines is 2. The van der Waals surface area contributed by atoms with E-state index in [1.807, 2.05) is 0 Å². The van der Waals surface area contributed by atoms with Gasteiger partial charge in [0.1, 0.15) is 0 Å². The van der Waals surface area contributed by atoms with Crippen LogP contribution in [0, 0.1) is 13.8 Å². The zero-order valence-electron chi connectivity index (χ0n) is 19.6. The van der Waals surface area contributed by atoms with E-state index >= 15 is 0 Å². The van der Waals surface area contributed by atoms with Gasteiger partial charge in [-0.3, -0.25) is 4.79 Å². The Hall–Kier alpha value is -4.39. The number of benzene rings is 2. The van der Waals surface area contributed by atoms with Crippen LogP contribution in [0.2, 0.25) is 0 Å². The van der Waals surface area contributed by atoms with Gasteiger partial charge in [-0.25, -0.2) is 17.9 Å². The molecule has 1 atom stereocenters. The number of sulfonamides is 1. The molecule has 186 valence electrons. The molecule has 1 N–H and O–H groups in total. The van der Waals surface area contributed by atoms with Crippen LogP contribution in [0.25, 0.3) is 0 Å². The normalized spacial score (nSPS) is 15.9. The number of hydrogen-bond donors (Lipinski definition) is 1. The first-order valence-corrected chi connectivity index (χ1v) is 12.3. The number of aryl methyl sites for hydroxylation is 1. The van der Waals surface area contributed by atoms with Gasteiger partial charge < -0.3 is 9.26 Å². The maximum absolute atomic E-state index is 13.0. The van der Waals surface area contributed by atoms with Crippen molar-refractivity contribution in [3.63, 3.8) is 0 Å². The topological polar surface area (TPSA) is 156 Å². The molecule has 0 unspecified atom stereocenters. The van der Waals surface area contributed by atoms with E-state index in [1.165, 1.54) is 24.3 Å². The zero-order valence-corrected chi connectivity index (χ0v) is 20.4. The molecule has 0 fully saturated rings. The molecule has 36 heavy (non-hydrogen) atoms. The first-order valence-electron chi connectivity index (χ1n) is 10.8. The Balaban J connectivity index is 1.54. The molecule has 2 heterocycles. The van der Waals surface area contributed by atoms with Gasteiger partial charge in [-0.15, -0.1) is 0 Å². The highest BCUT2D eigenvalue weighted by Gasteiger charge is 2.41. The van der Waals surface area contributed by atoms with E-state index in [1.54, 1.807) is 51.1 Å². The molecule has 0 spiro atoms. The van der Waals surface area contributed by atoms with Gasteiger partial charge in [-0.2, -0.15) is 20.3 Å². The monoisotopic (exact) mass is 510 g/mol. The average Bonchev–Trinajstić information content (AvgIpc) is 3.37. The van der Waals surface area contributed by atoms with Crippen LogP contribution < -0.4 is 9.73 Å². The van der Waals surface area contributed by atoms with Gasteiger partial charge in [-0.1, -0.05) is 23.4 Å². The van der Waals surface area contributed by atoms with Crippen molar-refractivity contribution in [1.29, 1.82) is 0 Å². The summed E-state index contributed by atoms with van der Waals surface area (Å²) in [4.78, 5) is 25.3. The minimum atomic E-state index is -3.94. The van der Waals surface area contributed by atoms with Crippen molar-refractivity contribution in [2.24, 2.45) is 15.3 Å². The lowest BCUT2D eigenvalue weighted by molar-refractivity contribution is -0.135. The predicted molar refractivity (Wildman–Crippen MR) is 130 cm³/mol. The van der Waals surface area contributed by atoms with Gasteiger partial charge >= 0.3 is 5.97 Å². The number of nitrogens with zero attached hydrogens (tertiary/aromatic N) is 5. The fourth-order valence-corrected chi connectivity index (χ4v) is 4.21. The summed E-state index contributed by atoms with van der Waals surface area (Å²) in [6, 6.07) is 12.7. The Labute approximate surface area is 206 Å². The summed E-state index contributed by atoms with van der Waals surface area (Å²) in [5.41, 5.74) is 1.67. The lowest BCUT2D eigenvalue weighted by atomic mass is 10.2. The molecule has 0 radical (unpaired) electrons. The number of azo groups is 1. The fraction of sp³-hybridized carbons (Fsp3) is 0.217. The third-order valence-corrected chi connectivity index (χ3v) is 6.56. The number of amides is 1. The Morgan fingerprint density at radius 2 is 1.83 bits per heavy atom. The summed E-state index contributed by atoms with van der Waals surface area (Å²) in [7, 11) is -3.94. The number of nitrogens with one attached hydrogen (secondary N) is 1. The quantitative estimate of drug-likeness (QED) is 0.359. The third-order valence-electron chi connectivity index (χ3n) is 5.21. The maximum Gasteiger partial charge on any atom is 0.357 e. The lowest BCUT2D eigenvalue weighted by Crippen LogP contribution is -2.33. The largest absolute Gasteiger partial charge is 0.461 e. The first-order chi connectivity index (χ1) is 17.2. The molecule has 0 aliphatic carbocycles. The number of carbonyl (C=O) groups excluding carboxylic acids is 2. The number of carbonyl (C=O) groups is 2. The van der Waals surface area contributed by atoms with E-state index in [0.717, 1.165) is 5.01 Å². The number of aromatic nitrogens is 1. The molecule has 1 aliphatic rings. The summed E-state index contributed by atoms with van der Waals surface area (Å²) in [5, 5.41) is 17.0. The van der Waals surface area contributed by atoms with E-state index in [-0.39, 0.29) is 28.8 Å². The van der Waals surface area contributed by atoms with Gasteiger partial charge in [0.15, 0.2) is 5.71 Å². The van der Waals surface area contributed by atoms with Crippen molar-refractivity contribution < 1.29 is 27.3 Å². The smallest absolute Gasteiger partial charge is 0.357 e. The molecule has 1 aliphatic heterocycles. The third kappa shape index (κ3) is 5.00. The van der Waals surface area contributed by atoms with Crippen molar-refractivity contribution in [1.82, 2.24) is 5.16 Å². The highest BCUT2D eigenvalue weighted by Crippen LogP contribution is 2.26. The van der Waals surface area contributed by atoms with Gasteiger partial charge in [-0.05, 0) is 57.2 Å². The van der Waals surface area contributed by atoms with E-state index < -0.39 is 27.9 Å². The van der Waals surface area contributed by atoms with Crippen LogP contribution in [0.4, 0.5) is 17.3 Å². The van der Waals surface area contributed by atoms with Crippen molar-refractivity contribution >= 4 is 44.9 Å². The second kappa shape index (κ2) is 10.1. The second-order valence-corrected chi connectivity index (χ2v) is 9.31. The van der Waals surface area contributed by atoms with Crippen LogP contribution in [0.5, 0.6) is 0 Å². The number of esters is 1. The number of ether oxygens (including phenoxy) is 1. The predicted octanol–water partition coefficient (Wildman–Crippen LogP) is 3.51. The second-order valence-electron chi connectivity index (χ2n) is 7.63. The Morgan fingerprint density at radius 3 is 2.44 bits per heavy atom. The molecule has 1 amide bonds. The molecule has 12 nitrogen and oxygen atoms in total. The summed E-state index contributed by atoms with van der Waals surface area (Å²) < 4.78 is 37.7. The molecule has 0 bridgehead atoms. The molecule has 3 aromatic rings. The standard InChI is InChI=1S/C23H22N6O6S/c1-4-34-23(31)20-19(22(30)29(26-20)17-8-6-5-7-9-17)25-24-16-10-12-18(13-11-16)36(32,33)28-21-14(2)15(3)27-35-21/h5-13,19,28H,4H2,1-3H3/t19-/m0/s1. The maximum atomic E-state index is 13.0. The van der Waals surface area contributed by atoms with E-state index in [9.17, 15) is 18.0 Å². The van der Waals surface area contributed by atoms with Gasteiger partial charge in [0.2, 0.25) is 11.9 Å². The lowest BCUT2D eigenvalue weighted by Gasteiger charge is -2.11. The minimum Gasteiger partial charge on any atom is -0.461 e. The van der Waals surface area contributed by atoms with Crippen LogP contribution in [0.3, 0.4) is 0 Å². The SMILES string of the molecule is CCOC(=O)C1=NN(c2ccccc2)C(=O)[C@H]1N=Nc1ccc(S(=O)(=O)Nc2onc(C)c2C)cc1. The van der Waals surface area contributed by atoms with E-state index in [2.05, 4.69) is 25.2 Å². The van der Waals surface area contributed by atoms with E-state index in [4.69, 9.17) is 9.26 Å². The van der Waals surface area contributed by atoms with Crippen molar-refractivity contribution in [3.8, 4) is 0 Å². The molecule has 4 rings (SSSR count). The first kappa shape index (κ1) is 24.7. The van der Waals surface area contributed by atoms with Gasteiger partial charge in [0, 0.05) is 5.56 Å². The van der Waals surface area contributed by atoms with Crippen LogP contribution in [0.1, 0.15) is 18.2 Å². The molecule has 13 heteroatoms. The number of para-hydroxylation sites is 1. The minimum absolute atomic E-state index is 0.0322. The van der Waals surface area contributed by atoms with Crippen LogP contribution in [-0.2, 0) is 24.3 Å². The van der Waals surface area contributed by atoms with Crippen LogP contribution in [0.15, 0.2) is 79.3 Å². The Morgan fingerprint density at radius 1 is 1.14 bits per heavy atom. The van der Waals surface area contributed by atoms with Gasteiger partial charge in [0.05, 0.1) is 28.6 Å². The number of hydrazone groups is 1. The molecule has 2 aromatic carbocycles. The van der Waals surface area contributed by atoms with E-state index in [0.29, 0.717) is 16.9 Å². The molecular weight excluding hydrogens is 488 g/mol. The average molecular weight is 511 g/mol. The number of rotatable bonds is 8. The highest BCUT2D eigenvalue weighted by molar-refractivity contribution is 7.92. The van der Waals surface area contributed by atoms with Crippen molar-refractivity contribution in [3.05, 3.63) is 65.9 Å². The zero-order chi connectivity index (χ0) is 25.9. The summed E-state index contributed by atoms with van der Waals surface area (Å²) in [5.74, 6) is -1.32. The molecule has 0 saturated heterocycles. The van der Waals surface area contributed by atoms with Crippen molar-refractivity contribution in [2.45, 2.75) is 31.7 Å². The van der Waals surface area contributed by atoms with Gasteiger partial charge in [0.25, 0.3) is 15.9 Å². The summed E-state index contributed by atoms with van der Waals surface area (Å²) in [6.45, 7) is 5.11.